The molecule has 2 amide bonds. The van der Waals surface area contributed by atoms with Gasteiger partial charge in [0.25, 0.3) is 5.91 Å². The fourth-order valence-electron chi connectivity index (χ4n) is 3.29. The quantitative estimate of drug-likeness (QED) is 0.765. The van der Waals surface area contributed by atoms with E-state index in [1.165, 1.54) is 0 Å². The molecule has 6 nitrogen and oxygen atoms in total. The molecule has 0 aliphatic carbocycles. The highest BCUT2D eigenvalue weighted by atomic mass is 35.5. The number of rotatable bonds is 7. The third-order valence-electron chi connectivity index (χ3n) is 5.50. The normalized spacial score (nSPS) is 14.5. The summed E-state index contributed by atoms with van der Waals surface area (Å²) in [6.07, 6.45) is 1.48. The van der Waals surface area contributed by atoms with Crippen molar-refractivity contribution in [3.8, 4) is 5.75 Å². The predicted octanol–water partition coefficient (Wildman–Crippen LogP) is 2.23. The van der Waals surface area contributed by atoms with Crippen LogP contribution in [0.4, 0.5) is 0 Å². The minimum absolute atomic E-state index is 0. The molecule has 0 spiro atoms. The van der Waals surface area contributed by atoms with E-state index in [4.69, 9.17) is 10.5 Å². The van der Waals surface area contributed by atoms with E-state index < -0.39 is 5.41 Å². The topological polar surface area (TPSA) is 75.9 Å². The van der Waals surface area contributed by atoms with Crippen LogP contribution in [0.2, 0.25) is 0 Å². The van der Waals surface area contributed by atoms with E-state index in [1.54, 1.807) is 4.90 Å². The summed E-state index contributed by atoms with van der Waals surface area (Å²) in [5.74, 6) is 0.762. The van der Waals surface area contributed by atoms with E-state index >= 15 is 0 Å². The van der Waals surface area contributed by atoms with E-state index in [1.807, 2.05) is 49.9 Å². The molecule has 0 bridgehead atoms. The fraction of sp³-hybridized carbons (Fsp3) is 0.600. The largest absolute Gasteiger partial charge is 0.484 e. The van der Waals surface area contributed by atoms with Crippen LogP contribution in [0.15, 0.2) is 24.3 Å². The van der Waals surface area contributed by atoms with Gasteiger partial charge in [-0.15, -0.1) is 12.4 Å². The van der Waals surface area contributed by atoms with Crippen LogP contribution < -0.4 is 10.5 Å². The maximum absolute atomic E-state index is 12.8. The van der Waals surface area contributed by atoms with Crippen molar-refractivity contribution < 1.29 is 14.3 Å². The number of hydrogen-bond acceptors (Lipinski definition) is 4. The smallest absolute Gasteiger partial charge is 0.260 e. The molecule has 0 unspecified atom stereocenters. The maximum Gasteiger partial charge on any atom is 0.260 e. The molecule has 1 aromatic rings. The fourth-order valence-corrected chi connectivity index (χ4v) is 3.29. The Bertz CT molecular complexity index is 601. The average Bonchev–Trinajstić information content (AvgIpc) is 2.69. The number of amides is 2. The van der Waals surface area contributed by atoms with Crippen LogP contribution >= 0.6 is 12.4 Å². The number of ether oxygens (including phenoxy) is 1. The molecule has 1 aliphatic heterocycles. The lowest BCUT2D eigenvalue weighted by Crippen LogP contribution is -2.56. The summed E-state index contributed by atoms with van der Waals surface area (Å²) >= 11 is 0. The highest BCUT2D eigenvalue weighted by Crippen LogP contribution is 2.28. The monoisotopic (exact) mass is 397 g/mol. The van der Waals surface area contributed by atoms with Crippen molar-refractivity contribution in [3.05, 3.63) is 29.8 Å². The summed E-state index contributed by atoms with van der Waals surface area (Å²) in [7, 11) is 0. The third-order valence-corrected chi connectivity index (χ3v) is 5.50. The SMILES string of the molecule is CCC(CC)(CN)C(=O)N1CCN(C(=O)COc2ccc(C)cc2)CC1.Cl. The molecule has 0 radical (unpaired) electrons. The van der Waals surface area contributed by atoms with Crippen LogP contribution in [0.1, 0.15) is 32.3 Å². The third kappa shape index (κ3) is 5.59. The van der Waals surface area contributed by atoms with Crippen molar-refractivity contribution in [1.29, 1.82) is 0 Å². The second kappa shape index (κ2) is 10.5. The van der Waals surface area contributed by atoms with Gasteiger partial charge in [-0.25, -0.2) is 0 Å². The zero-order chi connectivity index (χ0) is 19.2. The number of benzene rings is 1. The summed E-state index contributed by atoms with van der Waals surface area (Å²) in [4.78, 5) is 28.8. The van der Waals surface area contributed by atoms with Gasteiger partial charge in [0.2, 0.25) is 5.91 Å². The van der Waals surface area contributed by atoms with E-state index in [-0.39, 0.29) is 30.8 Å². The van der Waals surface area contributed by atoms with E-state index in [0.29, 0.717) is 38.5 Å². The van der Waals surface area contributed by atoms with Gasteiger partial charge in [0.15, 0.2) is 6.61 Å². The van der Waals surface area contributed by atoms with Crippen LogP contribution in [-0.4, -0.2) is 60.9 Å². The summed E-state index contributed by atoms with van der Waals surface area (Å²) in [6.45, 7) is 8.59. The van der Waals surface area contributed by atoms with Crippen LogP contribution in [0.25, 0.3) is 0 Å². The lowest BCUT2D eigenvalue weighted by Gasteiger charge is -2.40. The molecule has 0 saturated carbocycles. The number of carbonyl (C=O) groups is 2. The number of nitrogens with zero attached hydrogens (tertiary/aromatic N) is 2. The lowest BCUT2D eigenvalue weighted by atomic mass is 9.81. The van der Waals surface area contributed by atoms with Gasteiger partial charge < -0.3 is 20.3 Å². The number of aryl methyl sites for hydroxylation is 1. The minimum Gasteiger partial charge on any atom is -0.484 e. The Morgan fingerprint density at radius 2 is 1.56 bits per heavy atom. The first-order valence-corrected chi connectivity index (χ1v) is 9.42. The first-order chi connectivity index (χ1) is 12.5. The summed E-state index contributed by atoms with van der Waals surface area (Å²) < 4.78 is 5.57. The molecule has 27 heavy (non-hydrogen) atoms. The van der Waals surface area contributed by atoms with Crippen molar-refractivity contribution >= 4 is 24.2 Å². The van der Waals surface area contributed by atoms with Crippen LogP contribution in [0.3, 0.4) is 0 Å². The van der Waals surface area contributed by atoms with Gasteiger partial charge in [-0.05, 0) is 31.9 Å². The average molecular weight is 398 g/mol. The Balaban J connectivity index is 0.00000364. The Hall–Kier alpha value is -1.79. The van der Waals surface area contributed by atoms with Gasteiger partial charge in [-0.2, -0.15) is 0 Å². The van der Waals surface area contributed by atoms with Gasteiger partial charge in [-0.3, -0.25) is 9.59 Å². The molecule has 1 heterocycles. The highest BCUT2D eigenvalue weighted by Gasteiger charge is 2.38. The van der Waals surface area contributed by atoms with E-state index in [0.717, 1.165) is 18.4 Å². The number of piperazine rings is 1. The molecule has 2 rings (SSSR count). The van der Waals surface area contributed by atoms with Crippen molar-refractivity contribution in [3.63, 3.8) is 0 Å². The van der Waals surface area contributed by atoms with E-state index in [2.05, 4.69) is 0 Å². The van der Waals surface area contributed by atoms with Gasteiger partial charge in [0, 0.05) is 32.7 Å². The highest BCUT2D eigenvalue weighted by molar-refractivity contribution is 5.85. The zero-order valence-corrected chi connectivity index (χ0v) is 17.4. The summed E-state index contributed by atoms with van der Waals surface area (Å²) in [6, 6.07) is 7.63. The Morgan fingerprint density at radius 1 is 1.04 bits per heavy atom. The second-order valence-electron chi connectivity index (χ2n) is 6.97. The Kier molecular flexibility index (Phi) is 9.06. The van der Waals surface area contributed by atoms with Crippen molar-refractivity contribution in [1.82, 2.24) is 9.80 Å². The molecule has 0 atom stereocenters. The van der Waals surface area contributed by atoms with Crippen molar-refractivity contribution in [2.75, 3.05) is 39.3 Å². The number of hydrogen-bond donors (Lipinski definition) is 1. The Labute approximate surface area is 168 Å². The zero-order valence-electron chi connectivity index (χ0n) is 16.6. The summed E-state index contributed by atoms with van der Waals surface area (Å²) in [5.41, 5.74) is 6.57. The first-order valence-electron chi connectivity index (χ1n) is 9.42. The minimum atomic E-state index is -0.471. The number of carbonyl (C=O) groups excluding carboxylic acids is 2. The molecule has 2 N–H and O–H groups in total. The molecule has 0 aromatic heterocycles. The van der Waals surface area contributed by atoms with Crippen molar-refractivity contribution in [2.45, 2.75) is 33.6 Å². The molecular formula is C20H32ClN3O3. The van der Waals surface area contributed by atoms with Gasteiger partial charge >= 0.3 is 0 Å². The standard InChI is InChI=1S/C20H31N3O3.ClH/c1-4-20(5-2,15-21)19(25)23-12-10-22(11-13-23)18(24)14-26-17-8-6-16(3)7-9-17;/h6-9H,4-5,10-15,21H2,1-3H3;1H. The molecular weight excluding hydrogens is 366 g/mol. The summed E-state index contributed by atoms with van der Waals surface area (Å²) in [5, 5.41) is 0. The molecule has 152 valence electrons. The van der Waals surface area contributed by atoms with Crippen LogP contribution in [0.5, 0.6) is 5.75 Å². The number of halogens is 1. The van der Waals surface area contributed by atoms with Crippen molar-refractivity contribution in [2.24, 2.45) is 11.1 Å². The molecule has 1 saturated heterocycles. The van der Waals surface area contributed by atoms with E-state index in [9.17, 15) is 9.59 Å². The second-order valence-corrected chi connectivity index (χ2v) is 6.97. The lowest BCUT2D eigenvalue weighted by molar-refractivity contribution is -0.147. The Morgan fingerprint density at radius 3 is 2.04 bits per heavy atom. The van der Waals surface area contributed by atoms with Crippen LogP contribution in [0, 0.1) is 12.3 Å². The van der Waals surface area contributed by atoms with Gasteiger partial charge in [-0.1, -0.05) is 31.5 Å². The molecule has 1 aliphatic rings. The molecule has 1 aromatic carbocycles. The van der Waals surface area contributed by atoms with Crippen LogP contribution in [-0.2, 0) is 9.59 Å². The van der Waals surface area contributed by atoms with Gasteiger partial charge in [0.1, 0.15) is 5.75 Å². The first kappa shape index (κ1) is 23.2. The number of nitrogens with two attached hydrogens (primary N) is 1. The molecule has 7 heteroatoms. The molecule has 1 fully saturated rings. The predicted molar refractivity (Wildman–Crippen MR) is 109 cm³/mol. The van der Waals surface area contributed by atoms with Gasteiger partial charge in [0.05, 0.1) is 5.41 Å². The maximum atomic E-state index is 12.8.